The van der Waals surface area contributed by atoms with Crippen LogP contribution in [0.25, 0.3) is 0 Å². The normalized spacial score (nSPS) is 15.7. The van der Waals surface area contributed by atoms with E-state index in [1.165, 1.54) is 6.07 Å². The average molecular weight is 324 g/mol. The van der Waals surface area contributed by atoms with Gasteiger partial charge in [0.05, 0.1) is 12.2 Å². The maximum absolute atomic E-state index is 12.6. The lowest BCUT2D eigenvalue weighted by Crippen LogP contribution is -2.02. The highest BCUT2D eigenvalue weighted by Crippen LogP contribution is 2.33. The highest BCUT2D eigenvalue weighted by atomic mass is 127. The summed E-state index contributed by atoms with van der Waals surface area (Å²) in [6, 6.07) is 4.78. The molecule has 2 rings (SSSR count). The maximum Gasteiger partial charge on any atom is 0.267 e. The van der Waals surface area contributed by atoms with E-state index in [1.807, 2.05) is 0 Å². The van der Waals surface area contributed by atoms with Crippen LogP contribution in [0.5, 0.6) is 5.75 Å². The van der Waals surface area contributed by atoms with Gasteiger partial charge >= 0.3 is 0 Å². The fraction of sp³-hybridized carbons (Fsp3) is 0.455. The van der Waals surface area contributed by atoms with Crippen LogP contribution in [0.3, 0.4) is 0 Å². The first-order chi connectivity index (χ1) is 7.16. The smallest absolute Gasteiger partial charge is 0.267 e. The highest BCUT2D eigenvalue weighted by molar-refractivity contribution is 14.1. The monoisotopic (exact) mass is 324 g/mol. The van der Waals surface area contributed by atoms with Gasteiger partial charge in [-0.2, -0.15) is 0 Å². The summed E-state index contributed by atoms with van der Waals surface area (Å²) in [5, 5.41) is 0. The minimum atomic E-state index is -2.46. The zero-order chi connectivity index (χ0) is 10.8. The molecule has 1 aliphatic carbocycles. The lowest BCUT2D eigenvalue weighted by atomic mass is 10.2. The van der Waals surface area contributed by atoms with Crippen LogP contribution in [-0.2, 0) is 0 Å². The van der Waals surface area contributed by atoms with E-state index in [0.717, 1.165) is 16.4 Å². The molecule has 1 saturated carbocycles. The number of hydrogen-bond acceptors (Lipinski definition) is 1. The summed E-state index contributed by atoms with van der Waals surface area (Å²) in [5.74, 6) is 0.914. The fourth-order valence-electron chi connectivity index (χ4n) is 1.31. The van der Waals surface area contributed by atoms with Crippen molar-refractivity contribution in [3.8, 4) is 5.75 Å². The van der Waals surface area contributed by atoms with Gasteiger partial charge in [0.1, 0.15) is 5.75 Å². The minimum absolute atomic E-state index is 0.00364. The molecule has 0 unspecified atom stereocenters. The van der Waals surface area contributed by atoms with Crippen molar-refractivity contribution in [2.24, 2.45) is 5.92 Å². The van der Waals surface area contributed by atoms with Crippen molar-refractivity contribution in [2.45, 2.75) is 19.3 Å². The second-order valence-electron chi connectivity index (χ2n) is 3.74. The zero-order valence-corrected chi connectivity index (χ0v) is 10.2. The molecule has 1 nitrogen and oxygen atoms in total. The molecule has 0 bridgehead atoms. The van der Waals surface area contributed by atoms with Crippen molar-refractivity contribution in [1.82, 2.24) is 0 Å². The highest BCUT2D eigenvalue weighted by Gasteiger charge is 2.23. The third-order valence-corrected chi connectivity index (χ3v) is 3.05. The van der Waals surface area contributed by atoms with E-state index >= 15 is 0 Å². The van der Waals surface area contributed by atoms with E-state index in [0.29, 0.717) is 18.3 Å². The van der Waals surface area contributed by atoms with Crippen molar-refractivity contribution in [3.05, 3.63) is 27.3 Å². The van der Waals surface area contributed by atoms with Gasteiger partial charge in [-0.3, -0.25) is 0 Å². The Hall–Kier alpha value is -0.390. The molecule has 0 amide bonds. The van der Waals surface area contributed by atoms with Crippen molar-refractivity contribution in [3.63, 3.8) is 0 Å². The Morgan fingerprint density at radius 3 is 2.73 bits per heavy atom. The van der Waals surface area contributed by atoms with Crippen LogP contribution in [0.2, 0.25) is 0 Å². The Kier molecular flexibility index (Phi) is 3.43. The number of rotatable bonds is 4. The molecule has 0 spiro atoms. The molecule has 1 aromatic rings. The van der Waals surface area contributed by atoms with Crippen molar-refractivity contribution >= 4 is 22.6 Å². The molecule has 82 valence electrons. The van der Waals surface area contributed by atoms with Gasteiger partial charge in [-0.05, 0) is 59.5 Å². The van der Waals surface area contributed by atoms with E-state index in [2.05, 4.69) is 22.6 Å². The van der Waals surface area contributed by atoms with E-state index < -0.39 is 6.43 Å². The quantitative estimate of drug-likeness (QED) is 0.760. The molecule has 1 aromatic carbocycles. The van der Waals surface area contributed by atoms with Gasteiger partial charge < -0.3 is 4.74 Å². The van der Waals surface area contributed by atoms with E-state index in [-0.39, 0.29) is 5.56 Å². The Morgan fingerprint density at radius 1 is 1.40 bits per heavy atom. The molecule has 4 heteroatoms. The van der Waals surface area contributed by atoms with Crippen LogP contribution in [0, 0.1) is 9.49 Å². The van der Waals surface area contributed by atoms with Gasteiger partial charge in [-0.15, -0.1) is 0 Å². The molecule has 0 aromatic heterocycles. The lowest BCUT2D eigenvalue weighted by molar-refractivity contribution is 0.144. The SMILES string of the molecule is FC(F)c1ccc(I)cc1OCC1CC1. The van der Waals surface area contributed by atoms with E-state index in [4.69, 9.17) is 4.74 Å². The van der Waals surface area contributed by atoms with Crippen molar-refractivity contribution in [1.29, 1.82) is 0 Å². The van der Waals surface area contributed by atoms with Crippen LogP contribution in [-0.4, -0.2) is 6.61 Å². The average Bonchev–Trinajstić information content (AvgIpc) is 2.97. The molecular formula is C11H11F2IO. The van der Waals surface area contributed by atoms with E-state index in [9.17, 15) is 8.78 Å². The molecule has 0 atom stereocenters. The number of halogens is 3. The Balaban J connectivity index is 2.13. The molecular weight excluding hydrogens is 313 g/mol. The fourth-order valence-corrected chi connectivity index (χ4v) is 1.77. The summed E-state index contributed by atoms with van der Waals surface area (Å²) in [6.45, 7) is 0.569. The number of ether oxygens (including phenoxy) is 1. The predicted molar refractivity (Wildman–Crippen MR) is 62.3 cm³/mol. The van der Waals surface area contributed by atoms with Crippen LogP contribution < -0.4 is 4.74 Å². The topological polar surface area (TPSA) is 9.23 Å². The van der Waals surface area contributed by atoms with Gasteiger partial charge in [-0.25, -0.2) is 8.78 Å². The molecule has 0 N–H and O–H groups in total. The van der Waals surface area contributed by atoms with Crippen LogP contribution in [0.4, 0.5) is 8.78 Å². The zero-order valence-electron chi connectivity index (χ0n) is 8.05. The summed E-state index contributed by atoms with van der Waals surface area (Å²) in [6.07, 6.45) is -0.141. The summed E-state index contributed by atoms with van der Waals surface area (Å²) >= 11 is 2.09. The van der Waals surface area contributed by atoms with Crippen molar-refractivity contribution in [2.75, 3.05) is 6.61 Å². The molecule has 1 fully saturated rings. The van der Waals surface area contributed by atoms with Crippen molar-refractivity contribution < 1.29 is 13.5 Å². The van der Waals surface area contributed by atoms with Gasteiger partial charge in [-0.1, -0.05) is 0 Å². The molecule has 1 aliphatic rings. The van der Waals surface area contributed by atoms with Gasteiger partial charge in [0.25, 0.3) is 6.43 Å². The Morgan fingerprint density at radius 2 is 2.13 bits per heavy atom. The minimum Gasteiger partial charge on any atom is -0.493 e. The first-order valence-corrected chi connectivity index (χ1v) is 5.95. The largest absolute Gasteiger partial charge is 0.493 e. The second kappa shape index (κ2) is 4.63. The number of benzene rings is 1. The van der Waals surface area contributed by atoms with Crippen LogP contribution in [0.15, 0.2) is 18.2 Å². The Labute approximate surface area is 101 Å². The third kappa shape index (κ3) is 3.03. The van der Waals surface area contributed by atoms with E-state index in [1.54, 1.807) is 12.1 Å². The standard InChI is InChI=1S/C11H11F2IO/c12-11(13)9-4-3-8(14)5-10(9)15-6-7-1-2-7/h3-5,7,11H,1-2,6H2. The number of hydrogen-bond donors (Lipinski definition) is 0. The lowest BCUT2D eigenvalue weighted by Gasteiger charge is -2.10. The van der Waals surface area contributed by atoms with Crippen LogP contribution >= 0.6 is 22.6 Å². The molecule has 15 heavy (non-hydrogen) atoms. The number of alkyl halides is 2. The first kappa shape index (κ1) is 11.1. The predicted octanol–water partition coefficient (Wildman–Crippen LogP) is 4.02. The summed E-state index contributed by atoms with van der Waals surface area (Å²) in [5.41, 5.74) is -0.00364. The maximum atomic E-state index is 12.6. The summed E-state index contributed by atoms with van der Waals surface area (Å²) in [7, 11) is 0. The molecule has 0 radical (unpaired) electrons. The van der Waals surface area contributed by atoms with Gasteiger partial charge in [0, 0.05) is 3.57 Å². The third-order valence-electron chi connectivity index (χ3n) is 2.38. The molecule has 0 saturated heterocycles. The van der Waals surface area contributed by atoms with Gasteiger partial charge in [0.15, 0.2) is 0 Å². The Bertz CT molecular complexity index is 350. The second-order valence-corrected chi connectivity index (χ2v) is 4.98. The molecule has 0 heterocycles. The first-order valence-electron chi connectivity index (χ1n) is 4.87. The molecule has 0 aliphatic heterocycles. The van der Waals surface area contributed by atoms with Crippen LogP contribution in [0.1, 0.15) is 24.8 Å². The summed E-state index contributed by atoms with van der Waals surface area (Å²) < 4.78 is 31.6. The summed E-state index contributed by atoms with van der Waals surface area (Å²) in [4.78, 5) is 0. The van der Waals surface area contributed by atoms with Gasteiger partial charge in [0.2, 0.25) is 0 Å².